The Kier molecular flexibility index (Phi) is 9.28. The quantitative estimate of drug-likeness (QED) is 0.412. The van der Waals surface area contributed by atoms with Crippen LogP contribution in [0.4, 0.5) is 13.2 Å². The first kappa shape index (κ1) is 28.9. The Balaban J connectivity index is 0.000000470. The number of nitrogens with zero attached hydrogens (tertiary/aromatic N) is 1. The van der Waals surface area contributed by atoms with Crippen molar-refractivity contribution in [3.63, 3.8) is 0 Å². The van der Waals surface area contributed by atoms with Gasteiger partial charge in [0.25, 0.3) is 5.91 Å². The third kappa shape index (κ3) is 7.96. The lowest BCUT2D eigenvalue weighted by Gasteiger charge is -2.31. The molecule has 0 spiro atoms. The number of carboxylic acid groups (broad SMARTS) is 1. The summed E-state index contributed by atoms with van der Waals surface area (Å²) >= 11 is 0. The first-order valence-corrected chi connectivity index (χ1v) is 12.7. The molecule has 212 valence electrons. The minimum atomic E-state index is -5.08. The maximum absolute atomic E-state index is 12.6. The summed E-state index contributed by atoms with van der Waals surface area (Å²) in [6.45, 7) is 7.05. The van der Waals surface area contributed by atoms with Crippen LogP contribution in [0.5, 0.6) is 11.5 Å². The van der Waals surface area contributed by atoms with Gasteiger partial charge in [-0.1, -0.05) is 36.4 Å². The highest BCUT2D eigenvalue weighted by Gasteiger charge is 2.38. The third-order valence-corrected chi connectivity index (χ3v) is 6.38. The molecule has 1 amide bonds. The Labute approximate surface area is 229 Å². The highest BCUT2D eigenvalue weighted by atomic mass is 19.4. The molecule has 2 aliphatic heterocycles. The predicted octanol–water partition coefficient (Wildman–Crippen LogP) is 4.44. The summed E-state index contributed by atoms with van der Waals surface area (Å²) in [6.07, 6.45) is -5.08. The highest BCUT2D eigenvalue weighted by Crippen LogP contribution is 2.32. The van der Waals surface area contributed by atoms with Crippen LogP contribution in [0.15, 0.2) is 66.7 Å². The van der Waals surface area contributed by atoms with Crippen molar-refractivity contribution >= 4 is 11.9 Å². The van der Waals surface area contributed by atoms with Crippen molar-refractivity contribution in [2.45, 2.75) is 32.2 Å². The number of carboxylic acids is 1. The predicted molar refractivity (Wildman–Crippen MR) is 142 cm³/mol. The van der Waals surface area contributed by atoms with Gasteiger partial charge in [-0.05, 0) is 59.5 Å². The molecule has 3 aromatic rings. The van der Waals surface area contributed by atoms with Gasteiger partial charge in [0.15, 0.2) is 11.5 Å². The SMILES string of the molecule is CC1CN(Cc2cccc(-c3cccc(CNC(=O)c4ccc5c(c4)OCO5)c3)c2)CCN1.O=C(O)C(F)(F)F. The van der Waals surface area contributed by atoms with Crippen LogP contribution in [-0.4, -0.2) is 60.5 Å². The van der Waals surface area contributed by atoms with E-state index in [-0.39, 0.29) is 12.7 Å². The number of halogens is 3. The number of amides is 1. The monoisotopic (exact) mass is 557 g/mol. The first-order chi connectivity index (χ1) is 19.1. The molecule has 0 aromatic heterocycles. The molecule has 0 bridgehead atoms. The van der Waals surface area contributed by atoms with E-state index in [2.05, 4.69) is 58.9 Å². The van der Waals surface area contributed by atoms with Crippen LogP contribution in [0.2, 0.25) is 0 Å². The van der Waals surface area contributed by atoms with Crippen molar-refractivity contribution in [3.05, 3.63) is 83.4 Å². The van der Waals surface area contributed by atoms with Crippen LogP contribution in [-0.2, 0) is 17.9 Å². The molecular formula is C29H30F3N3O5. The van der Waals surface area contributed by atoms with E-state index in [1.165, 1.54) is 11.1 Å². The minimum Gasteiger partial charge on any atom is -0.475 e. The summed E-state index contributed by atoms with van der Waals surface area (Å²) in [5, 5.41) is 13.6. The van der Waals surface area contributed by atoms with Gasteiger partial charge >= 0.3 is 12.1 Å². The molecule has 0 saturated carbocycles. The minimum absolute atomic E-state index is 0.133. The van der Waals surface area contributed by atoms with Crippen LogP contribution in [0, 0.1) is 0 Å². The van der Waals surface area contributed by atoms with Gasteiger partial charge in [-0.2, -0.15) is 13.2 Å². The van der Waals surface area contributed by atoms with Gasteiger partial charge in [-0.15, -0.1) is 0 Å². The number of hydrogen-bond acceptors (Lipinski definition) is 6. The van der Waals surface area contributed by atoms with Crippen LogP contribution in [0.3, 0.4) is 0 Å². The van der Waals surface area contributed by atoms with E-state index in [0.717, 1.165) is 37.3 Å². The van der Waals surface area contributed by atoms with Gasteiger partial charge in [-0.3, -0.25) is 9.69 Å². The second kappa shape index (κ2) is 12.8. The summed E-state index contributed by atoms with van der Waals surface area (Å²) in [7, 11) is 0. The van der Waals surface area contributed by atoms with Crippen LogP contribution >= 0.6 is 0 Å². The molecule has 1 atom stereocenters. The van der Waals surface area contributed by atoms with E-state index in [1.54, 1.807) is 18.2 Å². The Morgan fingerprint density at radius 2 is 1.65 bits per heavy atom. The van der Waals surface area contributed by atoms with Crippen molar-refractivity contribution in [3.8, 4) is 22.6 Å². The van der Waals surface area contributed by atoms with Gasteiger partial charge < -0.3 is 25.2 Å². The average molecular weight is 558 g/mol. The fourth-order valence-electron chi connectivity index (χ4n) is 4.45. The Hall–Kier alpha value is -4.09. The standard InChI is InChI=1S/C27H29N3O3.C2HF3O2/c1-19-16-30(11-10-28-19)17-21-5-3-7-23(13-21)22-6-2-4-20(12-22)15-29-27(31)24-8-9-25-26(14-24)33-18-32-25;3-2(4,5)1(6)7/h2-9,12-14,19,28H,10-11,15-18H2,1H3,(H,29,31);(H,6,7). The molecule has 2 heterocycles. The van der Waals surface area contributed by atoms with E-state index in [9.17, 15) is 18.0 Å². The van der Waals surface area contributed by atoms with Crippen LogP contribution < -0.4 is 20.1 Å². The summed E-state index contributed by atoms with van der Waals surface area (Å²) < 4.78 is 42.4. The third-order valence-electron chi connectivity index (χ3n) is 6.38. The first-order valence-electron chi connectivity index (χ1n) is 12.7. The summed E-state index contributed by atoms with van der Waals surface area (Å²) in [5.74, 6) is -1.61. The maximum Gasteiger partial charge on any atom is 0.490 e. The number of carbonyl (C=O) groups excluding carboxylic acids is 1. The zero-order valence-electron chi connectivity index (χ0n) is 21.8. The molecule has 2 aliphatic rings. The van der Waals surface area contributed by atoms with Gasteiger partial charge in [0.1, 0.15) is 0 Å². The van der Waals surface area contributed by atoms with Crippen molar-refractivity contribution < 1.29 is 37.3 Å². The van der Waals surface area contributed by atoms with Gasteiger partial charge in [0.2, 0.25) is 6.79 Å². The molecule has 5 rings (SSSR count). The van der Waals surface area contributed by atoms with E-state index in [0.29, 0.717) is 29.6 Å². The smallest absolute Gasteiger partial charge is 0.475 e. The fourth-order valence-corrected chi connectivity index (χ4v) is 4.45. The average Bonchev–Trinajstić information content (AvgIpc) is 3.40. The fraction of sp³-hybridized carbons (Fsp3) is 0.310. The van der Waals surface area contributed by atoms with E-state index in [4.69, 9.17) is 19.4 Å². The number of alkyl halides is 3. The molecule has 3 aromatic carbocycles. The largest absolute Gasteiger partial charge is 0.490 e. The molecule has 0 radical (unpaired) electrons. The number of hydrogen-bond donors (Lipinski definition) is 3. The number of benzene rings is 3. The number of carbonyl (C=O) groups is 2. The zero-order valence-corrected chi connectivity index (χ0v) is 21.8. The molecule has 1 unspecified atom stereocenters. The Bertz CT molecular complexity index is 1350. The Morgan fingerprint density at radius 3 is 2.33 bits per heavy atom. The molecule has 1 saturated heterocycles. The van der Waals surface area contributed by atoms with Crippen LogP contribution in [0.25, 0.3) is 11.1 Å². The number of nitrogens with one attached hydrogen (secondary N) is 2. The highest BCUT2D eigenvalue weighted by molar-refractivity contribution is 5.94. The van der Waals surface area contributed by atoms with Crippen molar-refractivity contribution in [1.82, 2.24) is 15.5 Å². The molecule has 40 heavy (non-hydrogen) atoms. The summed E-state index contributed by atoms with van der Waals surface area (Å²) in [4.78, 5) is 24.0. The van der Waals surface area contributed by atoms with Crippen molar-refractivity contribution in [2.75, 3.05) is 26.4 Å². The topological polar surface area (TPSA) is 100 Å². The second-order valence-electron chi connectivity index (χ2n) is 9.54. The van der Waals surface area contributed by atoms with E-state index >= 15 is 0 Å². The zero-order chi connectivity index (χ0) is 28.7. The lowest BCUT2D eigenvalue weighted by molar-refractivity contribution is -0.192. The van der Waals surface area contributed by atoms with Gasteiger partial charge in [-0.25, -0.2) is 4.79 Å². The number of fused-ring (bicyclic) bond motifs is 1. The summed E-state index contributed by atoms with van der Waals surface area (Å²) in [6, 6.07) is 22.9. The van der Waals surface area contributed by atoms with E-state index < -0.39 is 12.1 Å². The molecule has 8 nitrogen and oxygen atoms in total. The Morgan fingerprint density at radius 1 is 1.00 bits per heavy atom. The van der Waals surface area contributed by atoms with Gasteiger partial charge in [0.05, 0.1) is 0 Å². The molecule has 11 heteroatoms. The van der Waals surface area contributed by atoms with E-state index in [1.807, 2.05) is 12.1 Å². The molecule has 1 fully saturated rings. The van der Waals surface area contributed by atoms with Crippen molar-refractivity contribution in [2.24, 2.45) is 0 Å². The van der Waals surface area contributed by atoms with Gasteiger partial charge in [0, 0.05) is 44.3 Å². The lowest BCUT2D eigenvalue weighted by Crippen LogP contribution is -2.48. The lowest BCUT2D eigenvalue weighted by atomic mass is 10.0. The second-order valence-corrected chi connectivity index (χ2v) is 9.54. The molecule has 0 aliphatic carbocycles. The number of ether oxygens (including phenoxy) is 2. The number of piperazine rings is 1. The van der Waals surface area contributed by atoms with Crippen molar-refractivity contribution in [1.29, 1.82) is 0 Å². The maximum atomic E-state index is 12.6. The molecule has 3 N–H and O–H groups in total. The summed E-state index contributed by atoms with van der Waals surface area (Å²) in [5.41, 5.74) is 5.29. The number of aliphatic carboxylic acids is 1. The molecular weight excluding hydrogens is 527 g/mol. The number of rotatable bonds is 6. The normalized spacial score (nSPS) is 16.6. The van der Waals surface area contributed by atoms with Crippen LogP contribution in [0.1, 0.15) is 28.4 Å².